The number of nitrogens with zero attached hydrogens (tertiary/aromatic N) is 1. The third kappa shape index (κ3) is 6.27. The molecule has 0 saturated heterocycles. The van der Waals surface area contributed by atoms with Gasteiger partial charge in [-0.2, -0.15) is 0 Å². The predicted octanol–water partition coefficient (Wildman–Crippen LogP) is 7.12. The SMILES string of the molecule is CCCN1C2=C(C(=O)CC(C)(C)C2)C(c2ccc(OCC(=O)Nc3ccc(C)cc3)c(OC)c2)C2=C1CC(C)(C)CC2=O. The molecule has 7 heteroatoms. The van der Waals surface area contributed by atoms with Crippen LogP contribution in [0.25, 0.3) is 0 Å². The molecule has 0 saturated carbocycles. The largest absolute Gasteiger partial charge is 0.493 e. The Kier molecular flexibility index (Phi) is 8.30. The summed E-state index contributed by atoms with van der Waals surface area (Å²) in [5, 5.41) is 2.84. The zero-order chi connectivity index (χ0) is 31.1. The lowest BCUT2D eigenvalue weighted by Gasteiger charge is -2.49. The fourth-order valence-electron chi connectivity index (χ4n) is 6.83. The van der Waals surface area contributed by atoms with Gasteiger partial charge in [0.1, 0.15) is 0 Å². The Balaban J connectivity index is 1.52. The van der Waals surface area contributed by atoms with Crippen LogP contribution < -0.4 is 14.8 Å². The van der Waals surface area contributed by atoms with Gasteiger partial charge in [-0.3, -0.25) is 14.4 Å². The highest BCUT2D eigenvalue weighted by Crippen LogP contribution is 2.55. The monoisotopic (exact) mass is 584 g/mol. The average Bonchev–Trinajstić information content (AvgIpc) is 2.92. The van der Waals surface area contributed by atoms with E-state index in [-0.39, 0.29) is 34.9 Å². The van der Waals surface area contributed by atoms with E-state index in [9.17, 15) is 14.4 Å². The van der Waals surface area contributed by atoms with Gasteiger partial charge in [-0.05, 0) is 66.8 Å². The maximum absolute atomic E-state index is 13.9. The fourth-order valence-corrected chi connectivity index (χ4v) is 6.83. The molecule has 0 radical (unpaired) electrons. The number of amides is 1. The molecule has 1 aliphatic heterocycles. The number of aryl methyl sites for hydroxylation is 1. The van der Waals surface area contributed by atoms with E-state index in [0.29, 0.717) is 30.0 Å². The van der Waals surface area contributed by atoms with Crippen molar-refractivity contribution < 1.29 is 23.9 Å². The van der Waals surface area contributed by atoms with E-state index in [1.165, 1.54) is 0 Å². The molecule has 228 valence electrons. The van der Waals surface area contributed by atoms with E-state index in [2.05, 4.69) is 44.8 Å². The van der Waals surface area contributed by atoms with E-state index in [1.54, 1.807) is 13.2 Å². The summed E-state index contributed by atoms with van der Waals surface area (Å²) in [6.07, 6.45) is 3.37. The molecule has 0 aromatic heterocycles. The van der Waals surface area contributed by atoms with E-state index in [4.69, 9.17) is 9.47 Å². The van der Waals surface area contributed by atoms with E-state index in [1.807, 2.05) is 43.3 Å². The number of rotatable bonds is 8. The Morgan fingerprint density at radius 1 is 0.884 bits per heavy atom. The first-order chi connectivity index (χ1) is 20.3. The number of nitrogens with one attached hydrogen (secondary N) is 1. The van der Waals surface area contributed by atoms with Gasteiger partial charge < -0.3 is 19.7 Å². The van der Waals surface area contributed by atoms with Crippen LogP contribution in [0.2, 0.25) is 0 Å². The number of hydrogen-bond acceptors (Lipinski definition) is 6. The lowest BCUT2D eigenvalue weighted by Crippen LogP contribution is -2.44. The van der Waals surface area contributed by atoms with Crippen LogP contribution in [-0.2, 0) is 14.4 Å². The lowest BCUT2D eigenvalue weighted by atomic mass is 9.63. The van der Waals surface area contributed by atoms with Gasteiger partial charge in [0.2, 0.25) is 0 Å². The van der Waals surface area contributed by atoms with Crippen LogP contribution in [-0.4, -0.2) is 42.6 Å². The molecule has 43 heavy (non-hydrogen) atoms. The van der Waals surface area contributed by atoms with Crippen molar-refractivity contribution in [3.05, 3.63) is 76.1 Å². The molecule has 1 heterocycles. The maximum atomic E-state index is 13.9. The first-order valence-corrected chi connectivity index (χ1v) is 15.3. The van der Waals surface area contributed by atoms with Crippen molar-refractivity contribution in [1.82, 2.24) is 4.90 Å². The number of ether oxygens (including phenoxy) is 2. The predicted molar refractivity (Wildman–Crippen MR) is 168 cm³/mol. The zero-order valence-electron chi connectivity index (χ0n) is 26.6. The molecule has 1 amide bonds. The normalized spacial score (nSPS) is 19.7. The summed E-state index contributed by atoms with van der Waals surface area (Å²) < 4.78 is 11.6. The Bertz CT molecular complexity index is 1460. The van der Waals surface area contributed by atoms with E-state index >= 15 is 0 Å². The van der Waals surface area contributed by atoms with Crippen LogP contribution in [0.4, 0.5) is 5.69 Å². The molecule has 0 bridgehead atoms. The first-order valence-electron chi connectivity index (χ1n) is 15.3. The summed E-state index contributed by atoms with van der Waals surface area (Å²) in [5.74, 6) is 0.339. The van der Waals surface area contributed by atoms with Gasteiger partial charge >= 0.3 is 0 Å². The van der Waals surface area contributed by atoms with Gasteiger partial charge in [-0.15, -0.1) is 0 Å². The standard InChI is InChI=1S/C36H44N2O5/c1-8-15-38-25-17-35(3,4)19-27(39)33(25)32(34-26(38)18-36(5,6)20-28(34)40)23-11-14-29(30(16-23)42-7)43-21-31(41)37-24-12-9-22(2)10-13-24/h9-14,16,32H,8,15,17-21H2,1-7H3,(H,37,41). The van der Waals surface area contributed by atoms with Gasteiger partial charge in [0, 0.05) is 53.5 Å². The summed E-state index contributed by atoms with van der Waals surface area (Å²) in [7, 11) is 1.56. The van der Waals surface area contributed by atoms with Crippen molar-refractivity contribution >= 4 is 23.2 Å². The Morgan fingerprint density at radius 2 is 1.47 bits per heavy atom. The van der Waals surface area contributed by atoms with Crippen LogP contribution in [0.15, 0.2) is 65.0 Å². The minimum Gasteiger partial charge on any atom is -0.493 e. The van der Waals surface area contributed by atoms with E-state index < -0.39 is 5.92 Å². The van der Waals surface area contributed by atoms with Crippen molar-refractivity contribution in [3.8, 4) is 11.5 Å². The number of anilines is 1. The third-order valence-corrected chi connectivity index (χ3v) is 8.68. The molecule has 2 aromatic rings. The molecule has 0 unspecified atom stereocenters. The van der Waals surface area contributed by atoms with Crippen LogP contribution in [0.5, 0.6) is 11.5 Å². The zero-order valence-corrected chi connectivity index (χ0v) is 26.6. The maximum Gasteiger partial charge on any atom is 0.262 e. The summed E-state index contributed by atoms with van der Waals surface area (Å²) in [5.41, 5.74) is 5.92. The average molecular weight is 585 g/mol. The van der Waals surface area contributed by atoms with Gasteiger partial charge in [0.05, 0.1) is 7.11 Å². The minimum atomic E-state index is -0.460. The summed E-state index contributed by atoms with van der Waals surface area (Å²) in [4.78, 5) is 42.8. The number of carbonyl (C=O) groups excluding carboxylic acids is 3. The molecular weight excluding hydrogens is 540 g/mol. The number of allylic oxidation sites excluding steroid dienone is 4. The van der Waals surface area contributed by atoms with Gasteiger partial charge in [0.15, 0.2) is 29.7 Å². The molecule has 0 atom stereocenters. The molecule has 5 rings (SSSR count). The van der Waals surface area contributed by atoms with Crippen molar-refractivity contribution in [2.75, 3.05) is 25.6 Å². The lowest BCUT2D eigenvalue weighted by molar-refractivity contribution is -0.120. The molecular formula is C36H44N2O5. The highest BCUT2D eigenvalue weighted by atomic mass is 16.5. The first kappa shape index (κ1) is 30.6. The number of Topliss-reactive ketones (excluding diaryl/α,β-unsaturated/α-hetero) is 2. The smallest absolute Gasteiger partial charge is 0.262 e. The van der Waals surface area contributed by atoms with Crippen molar-refractivity contribution in [1.29, 1.82) is 0 Å². The second kappa shape index (κ2) is 11.7. The van der Waals surface area contributed by atoms with Crippen molar-refractivity contribution in [2.45, 2.75) is 79.6 Å². The second-order valence-electron chi connectivity index (χ2n) is 13.8. The molecule has 2 aliphatic carbocycles. The molecule has 3 aliphatic rings. The molecule has 2 aromatic carbocycles. The topological polar surface area (TPSA) is 84.9 Å². The van der Waals surface area contributed by atoms with Crippen molar-refractivity contribution in [3.63, 3.8) is 0 Å². The van der Waals surface area contributed by atoms with Crippen LogP contribution >= 0.6 is 0 Å². The minimum absolute atomic E-state index is 0.105. The van der Waals surface area contributed by atoms with E-state index in [0.717, 1.165) is 59.5 Å². The second-order valence-corrected chi connectivity index (χ2v) is 13.8. The number of ketones is 2. The Labute approximate surface area is 255 Å². The highest BCUT2D eigenvalue weighted by Gasteiger charge is 2.48. The molecule has 1 N–H and O–H groups in total. The van der Waals surface area contributed by atoms with Crippen LogP contribution in [0.3, 0.4) is 0 Å². The number of methoxy groups -OCH3 is 1. The van der Waals surface area contributed by atoms with Gasteiger partial charge in [-0.1, -0.05) is 58.4 Å². The molecule has 7 nitrogen and oxygen atoms in total. The number of hydrogen-bond donors (Lipinski definition) is 1. The number of carbonyl (C=O) groups is 3. The third-order valence-electron chi connectivity index (χ3n) is 8.68. The van der Waals surface area contributed by atoms with Crippen LogP contribution in [0.1, 0.15) is 83.8 Å². The van der Waals surface area contributed by atoms with Crippen molar-refractivity contribution in [2.24, 2.45) is 10.8 Å². The highest BCUT2D eigenvalue weighted by molar-refractivity contribution is 6.06. The van der Waals surface area contributed by atoms with Gasteiger partial charge in [0.25, 0.3) is 5.91 Å². The summed E-state index contributed by atoms with van der Waals surface area (Å²) in [6.45, 7) is 13.3. The molecule has 0 spiro atoms. The van der Waals surface area contributed by atoms with Gasteiger partial charge in [-0.25, -0.2) is 0 Å². The quantitative estimate of drug-likeness (QED) is 0.356. The number of benzene rings is 2. The fraction of sp³-hybridized carbons (Fsp3) is 0.472. The summed E-state index contributed by atoms with van der Waals surface area (Å²) in [6, 6.07) is 13.1. The molecule has 0 fully saturated rings. The Hall–Kier alpha value is -3.87. The Morgan fingerprint density at radius 3 is 2.00 bits per heavy atom. The summed E-state index contributed by atoms with van der Waals surface area (Å²) >= 11 is 0. The van der Waals surface area contributed by atoms with Crippen LogP contribution in [0, 0.1) is 17.8 Å².